The molecule has 0 amide bonds. The molecule has 0 atom stereocenters. The van der Waals surface area contributed by atoms with E-state index in [1.807, 2.05) is 6.92 Å². The van der Waals surface area contributed by atoms with Crippen molar-refractivity contribution in [1.29, 1.82) is 0 Å². The van der Waals surface area contributed by atoms with Crippen molar-refractivity contribution in [2.75, 3.05) is 40.9 Å². The van der Waals surface area contributed by atoms with Crippen molar-refractivity contribution in [2.45, 2.75) is 6.92 Å². The predicted octanol–water partition coefficient (Wildman–Crippen LogP) is 0.0763. The molecule has 0 aliphatic rings. The van der Waals surface area contributed by atoms with Crippen molar-refractivity contribution in [3.8, 4) is 0 Å². The zero-order valence-corrected chi connectivity index (χ0v) is 9.91. The third kappa shape index (κ3) is 40.9. The third-order valence-corrected chi connectivity index (χ3v) is 1.11. The van der Waals surface area contributed by atoms with E-state index in [1.165, 1.54) is 0 Å². The van der Waals surface area contributed by atoms with E-state index in [2.05, 4.69) is 21.1 Å². The number of quaternary nitrogens is 1. The first-order chi connectivity index (χ1) is 6.06. The van der Waals surface area contributed by atoms with Crippen LogP contribution >= 0.6 is 0 Å². The van der Waals surface area contributed by atoms with E-state index in [-0.39, 0.29) is 0 Å². The zero-order chi connectivity index (χ0) is 11.8. The van der Waals surface area contributed by atoms with E-state index in [4.69, 9.17) is 22.3 Å². The summed E-state index contributed by atoms with van der Waals surface area (Å²) in [5, 5.41) is 0. The maximum Gasteiger partial charge on any atom is 0.394 e. The Balaban J connectivity index is 0. The van der Waals surface area contributed by atoms with Gasteiger partial charge in [0.05, 0.1) is 27.7 Å². The van der Waals surface area contributed by atoms with Crippen molar-refractivity contribution in [2.24, 2.45) is 0 Å². The highest BCUT2D eigenvalue weighted by Gasteiger charge is 2.04. The van der Waals surface area contributed by atoms with Crippen LogP contribution < -0.4 is 0 Å². The number of likely N-dealkylation sites (N-methyl/N-ethyl adjacent to an activating group) is 1. The first-order valence-corrected chi connectivity index (χ1v) is 5.54. The maximum atomic E-state index is 8.74. The molecule has 14 heavy (non-hydrogen) atoms. The molecule has 7 heteroatoms. The van der Waals surface area contributed by atoms with E-state index < -0.39 is 10.4 Å². The van der Waals surface area contributed by atoms with Crippen LogP contribution in [0.3, 0.4) is 0 Å². The van der Waals surface area contributed by atoms with Crippen LogP contribution in [-0.4, -0.2) is 62.9 Å². The molecule has 0 saturated heterocycles. The molecule has 0 aromatic heterocycles. The smallest absolute Gasteiger partial charge is 0.376 e. The van der Waals surface area contributed by atoms with Gasteiger partial charge in [0.15, 0.2) is 0 Å². The number of hydrogen-bond acceptors (Lipinski definition) is 3. The Labute approximate surface area is 85.6 Å². The Morgan fingerprint density at radius 2 is 1.57 bits per heavy atom. The Hall–Kier alpha value is -0.210. The summed E-state index contributed by atoms with van der Waals surface area (Å²) in [5.41, 5.74) is 0. The minimum Gasteiger partial charge on any atom is -0.376 e. The molecule has 88 valence electrons. The Morgan fingerprint density at radius 3 is 1.79 bits per heavy atom. The van der Waals surface area contributed by atoms with E-state index in [1.54, 1.807) is 0 Å². The molecule has 0 radical (unpaired) electrons. The second-order valence-corrected chi connectivity index (χ2v) is 4.55. The van der Waals surface area contributed by atoms with Gasteiger partial charge in [-0.25, -0.2) is 0 Å². The Bertz CT molecular complexity index is 211. The predicted molar refractivity (Wildman–Crippen MR) is 53.6 cm³/mol. The monoisotopic (exact) mass is 230 g/mol. The Kier molecular flexibility index (Phi) is 8.27. The molecule has 0 aromatic carbocycles. The largest absolute Gasteiger partial charge is 0.394 e. The van der Waals surface area contributed by atoms with Crippen LogP contribution in [0.2, 0.25) is 0 Å². The fraction of sp³-hybridized carbons (Fsp3) is 1.00. The fourth-order valence-electron chi connectivity index (χ4n) is 0.483. The van der Waals surface area contributed by atoms with Gasteiger partial charge in [-0.3, -0.25) is 9.11 Å². The highest BCUT2D eigenvalue weighted by Crippen LogP contribution is 1.88. The standard InChI is InChI=1S/C7H18NO.H2O4S/c1-5-9-7-6-8(2,3)4;1-5(2,3)4/h5-7H2,1-4H3;(H2,1,2,3,4)/q+1;. The molecule has 0 aliphatic heterocycles. The van der Waals surface area contributed by atoms with Crippen molar-refractivity contribution in [3.05, 3.63) is 0 Å². The molecule has 0 aliphatic carbocycles. The SMILES string of the molecule is CCOCC[N+](C)(C)C.O=S(=O)(O)O. The van der Waals surface area contributed by atoms with E-state index in [0.29, 0.717) is 0 Å². The lowest BCUT2D eigenvalue weighted by atomic mass is 10.5. The number of ether oxygens (including phenoxy) is 1. The average molecular weight is 230 g/mol. The normalized spacial score (nSPS) is 11.9. The van der Waals surface area contributed by atoms with Crippen LogP contribution in [0.5, 0.6) is 0 Å². The lowest BCUT2D eigenvalue weighted by Gasteiger charge is -2.23. The molecule has 6 nitrogen and oxygen atoms in total. The van der Waals surface area contributed by atoms with Crippen LogP contribution in [-0.2, 0) is 15.1 Å². The van der Waals surface area contributed by atoms with Crippen LogP contribution in [0.4, 0.5) is 0 Å². The summed E-state index contributed by atoms with van der Waals surface area (Å²) in [5.74, 6) is 0. The van der Waals surface area contributed by atoms with Crippen LogP contribution in [0, 0.1) is 0 Å². The van der Waals surface area contributed by atoms with E-state index in [9.17, 15) is 0 Å². The minimum atomic E-state index is -4.67. The summed E-state index contributed by atoms with van der Waals surface area (Å²) in [4.78, 5) is 0. The molecule has 0 saturated carbocycles. The number of rotatable bonds is 4. The summed E-state index contributed by atoms with van der Waals surface area (Å²) in [7, 11) is 1.83. The molecular weight excluding hydrogens is 210 g/mol. The molecule has 0 aromatic rings. The minimum absolute atomic E-state index is 0.833. The molecular formula is C7H20NO5S+. The summed E-state index contributed by atoms with van der Waals surface area (Å²) in [6, 6.07) is 0. The van der Waals surface area contributed by atoms with Crippen molar-refractivity contribution in [3.63, 3.8) is 0 Å². The van der Waals surface area contributed by atoms with Crippen molar-refractivity contribution >= 4 is 10.4 Å². The summed E-state index contributed by atoms with van der Waals surface area (Å²) >= 11 is 0. The number of nitrogens with zero attached hydrogens (tertiary/aromatic N) is 1. The quantitative estimate of drug-likeness (QED) is 0.406. The van der Waals surface area contributed by atoms with E-state index >= 15 is 0 Å². The highest BCUT2D eigenvalue weighted by atomic mass is 32.3. The van der Waals surface area contributed by atoms with E-state index in [0.717, 1.165) is 24.2 Å². The van der Waals surface area contributed by atoms with Crippen LogP contribution in [0.1, 0.15) is 6.92 Å². The lowest BCUT2D eigenvalue weighted by Crippen LogP contribution is -2.37. The third-order valence-electron chi connectivity index (χ3n) is 1.11. The topological polar surface area (TPSA) is 83.8 Å². The maximum absolute atomic E-state index is 8.74. The molecule has 0 heterocycles. The van der Waals surface area contributed by atoms with Gasteiger partial charge in [-0.1, -0.05) is 0 Å². The van der Waals surface area contributed by atoms with Gasteiger partial charge in [-0.15, -0.1) is 0 Å². The summed E-state index contributed by atoms with van der Waals surface area (Å²) in [6.45, 7) is 4.82. The van der Waals surface area contributed by atoms with Gasteiger partial charge in [-0.05, 0) is 6.92 Å². The van der Waals surface area contributed by atoms with Gasteiger partial charge in [0.25, 0.3) is 0 Å². The second kappa shape index (κ2) is 7.13. The first-order valence-electron chi connectivity index (χ1n) is 4.14. The second-order valence-electron chi connectivity index (χ2n) is 3.66. The Morgan fingerprint density at radius 1 is 1.21 bits per heavy atom. The fourth-order valence-corrected chi connectivity index (χ4v) is 0.483. The molecule has 0 spiro atoms. The number of hydrogen-bond donors (Lipinski definition) is 2. The molecule has 0 bridgehead atoms. The molecule has 0 unspecified atom stereocenters. The van der Waals surface area contributed by atoms with Gasteiger partial charge in [-0.2, -0.15) is 8.42 Å². The average Bonchev–Trinajstić information content (AvgIpc) is 1.80. The van der Waals surface area contributed by atoms with Crippen LogP contribution in [0.25, 0.3) is 0 Å². The summed E-state index contributed by atoms with van der Waals surface area (Å²) < 4.78 is 37.8. The lowest BCUT2D eigenvalue weighted by molar-refractivity contribution is -0.870. The van der Waals surface area contributed by atoms with Crippen molar-refractivity contribution < 1.29 is 26.7 Å². The zero-order valence-electron chi connectivity index (χ0n) is 9.10. The van der Waals surface area contributed by atoms with Gasteiger partial charge >= 0.3 is 10.4 Å². The van der Waals surface area contributed by atoms with Gasteiger partial charge in [0.2, 0.25) is 0 Å². The highest BCUT2D eigenvalue weighted by molar-refractivity contribution is 7.79. The molecule has 0 rings (SSSR count). The van der Waals surface area contributed by atoms with Gasteiger partial charge in [0, 0.05) is 6.61 Å². The molecule has 2 N–H and O–H groups in total. The summed E-state index contributed by atoms with van der Waals surface area (Å²) in [6.07, 6.45) is 0. The van der Waals surface area contributed by atoms with Gasteiger partial charge in [0.1, 0.15) is 6.54 Å². The first kappa shape index (κ1) is 16.2. The van der Waals surface area contributed by atoms with Gasteiger partial charge < -0.3 is 9.22 Å². The van der Waals surface area contributed by atoms with Crippen molar-refractivity contribution in [1.82, 2.24) is 0 Å². The van der Waals surface area contributed by atoms with Crippen LogP contribution in [0.15, 0.2) is 0 Å². The molecule has 0 fully saturated rings.